The molecule has 7 heteroatoms. The summed E-state index contributed by atoms with van der Waals surface area (Å²) in [7, 11) is 0. The molecule has 2 heterocycles. The van der Waals surface area contributed by atoms with Crippen molar-refractivity contribution in [2.24, 2.45) is 0 Å². The van der Waals surface area contributed by atoms with E-state index in [0.29, 0.717) is 29.2 Å². The van der Waals surface area contributed by atoms with Gasteiger partial charge in [-0.25, -0.2) is 4.98 Å². The number of halogens is 1. The predicted octanol–water partition coefficient (Wildman–Crippen LogP) is 5.80. The first-order valence-corrected chi connectivity index (χ1v) is 11.7. The van der Waals surface area contributed by atoms with Crippen LogP contribution in [0, 0.1) is 0 Å². The number of nitrogens with zero attached hydrogens (tertiary/aromatic N) is 2. The number of aliphatic hydroxyl groups is 1. The quantitative estimate of drug-likeness (QED) is 0.309. The zero-order chi connectivity index (χ0) is 24.1. The standard InChI is InChI=1S/C27H28ClN3O3.CH4/c1-18(2)34-25-9-7-21(16-24(25)28)27(33)30-23(11-14-32)15-19-3-5-20(6-4-19)22-8-10-26-29-12-13-31(26)17-22;/h3-10,12-13,16-18,23,32H,11,14-15H2,1-2H3,(H,30,33);1H4/t23-;/m1./s1. The molecule has 2 aromatic heterocycles. The Morgan fingerprint density at radius 3 is 2.54 bits per heavy atom. The Labute approximate surface area is 211 Å². The average Bonchev–Trinajstić information content (AvgIpc) is 3.29. The molecule has 0 bridgehead atoms. The summed E-state index contributed by atoms with van der Waals surface area (Å²) in [5.41, 5.74) is 4.63. The van der Waals surface area contributed by atoms with Crippen molar-refractivity contribution in [2.45, 2.75) is 46.3 Å². The summed E-state index contributed by atoms with van der Waals surface area (Å²) in [5, 5.41) is 12.9. The Kier molecular flexibility index (Phi) is 8.90. The summed E-state index contributed by atoms with van der Waals surface area (Å²) < 4.78 is 7.63. The number of fused-ring (bicyclic) bond motifs is 1. The van der Waals surface area contributed by atoms with Crippen molar-refractivity contribution in [3.8, 4) is 16.9 Å². The molecule has 0 radical (unpaired) electrons. The average molecular weight is 494 g/mol. The van der Waals surface area contributed by atoms with Gasteiger partial charge >= 0.3 is 0 Å². The molecule has 4 rings (SSSR count). The molecular weight excluding hydrogens is 462 g/mol. The number of pyridine rings is 1. The molecule has 6 nitrogen and oxygen atoms in total. The lowest BCUT2D eigenvalue weighted by molar-refractivity contribution is 0.0930. The highest BCUT2D eigenvalue weighted by atomic mass is 35.5. The smallest absolute Gasteiger partial charge is 0.251 e. The maximum atomic E-state index is 12.8. The second kappa shape index (κ2) is 11.9. The first-order valence-electron chi connectivity index (χ1n) is 11.3. The van der Waals surface area contributed by atoms with Crippen LogP contribution in [0.2, 0.25) is 5.02 Å². The Morgan fingerprint density at radius 2 is 1.86 bits per heavy atom. The van der Waals surface area contributed by atoms with Gasteiger partial charge in [0.2, 0.25) is 0 Å². The van der Waals surface area contributed by atoms with Gasteiger partial charge in [0.05, 0.1) is 11.1 Å². The summed E-state index contributed by atoms with van der Waals surface area (Å²) in [5.74, 6) is 0.314. The molecule has 0 saturated carbocycles. The van der Waals surface area contributed by atoms with E-state index < -0.39 is 0 Å². The molecule has 4 aromatic rings. The molecule has 184 valence electrons. The number of aliphatic hydroxyl groups excluding tert-OH is 1. The van der Waals surface area contributed by atoms with E-state index in [-0.39, 0.29) is 32.1 Å². The van der Waals surface area contributed by atoms with Gasteiger partial charge < -0.3 is 19.6 Å². The van der Waals surface area contributed by atoms with Crippen LogP contribution in [0.5, 0.6) is 5.75 Å². The molecule has 35 heavy (non-hydrogen) atoms. The van der Waals surface area contributed by atoms with Gasteiger partial charge in [-0.15, -0.1) is 0 Å². The van der Waals surface area contributed by atoms with Gasteiger partial charge in [0.25, 0.3) is 5.91 Å². The van der Waals surface area contributed by atoms with Crippen LogP contribution < -0.4 is 10.1 Å². The Hall–Kier alpha value is -3.35. The second-order valence-electron chi connectivity index (χ2n) is 8.51. The zero-order valence-corrected chi connectivity index (χ0v) is 20.0. The van der Waals surface area contributed by atoms with Gasteiger partial charge in [-0.2, -0.15) is 0 Å². The van der Waals surface area contributed by atoms with Crippen molar-refractivity contribution in [3.63, 3.8) is 0 Å². The van der Waals surface area contributed by atoms with E-state index >= 15 is 0 Å². The Morgan fingerprint density at radius 1 is 1.11 bits per heavy atom. The normalized spacial score (nSPS) is 11.8. The van der Waals surface area contributed by atoms with Crippen LogP contribution in [0.25, 0.3) is 16.8 Å². The van der Waals surface area contributed by atoms with Crippen molar-refractivity contribution in [2.75, 3.05) is 6.61 Å². The number of rotatable bonds is 9. The summed E-state index contributed by atoms with van der Waals surface area (Å²) >= 11 is 6.29. The third-order valence-corrected chi connectivity index (χ3v) is 5.82. The molecule has 2 aromatic carbocycles. The van der Waals surface area contributed by atoms with Crippen molar-refractivity contribution < 1.29 is 14.6 Å². The number of benzene rings is 2. The third-order valence-electron chi connectivity index (χ3n) is 5.53. The maximum absolute atomic E-state index is 12.8. The zero-order valence-electron chi connectivity index (χ0n) is 19.2. The minimum absolute atomic E-state index is 0. The minimum atomic E-state index is -0.235. The SMILES string of the molecule is C.CC(C)Oc1ccc(C(=O)N[C@H](CCO)Cc2ccc(-c3ccc4nccn4c3)cc2)cc1Cl. The fourth-order valence-electron chi connectivity index (χ4n) is 3.85. The lowest BCUT2D eigenvalue weighted by Crippen LogP contribution is -2.37. The third kappa shape index (κ3) is 6.62. The number of carbonyl (C=O) groups is 1. The van der Waals surface area contributed by atoms with Gasteiger partial charge in [0, 0.05) is 36.8 Å². The number of carbonyl (C=O) groups excluding carboxylic acids is 1. The molecule has 0 spiro atoms. The highest BCUT2D eigenvalue weighted by Crippen LogP contribution is 2.27. The maximum Gasteiger partial charge on any atom is 0.251 e. The number of amides is 1. The van der Waals surface area contributed by atoms with E-state index in [2.05, 4.69) is 46.8 Å². The van der Waals surface area contributed by atoms with Crippen LogP contribution in [0.4, 0.5) is 0 Å². The van der Waals surface area contributed by atoms with Crippen molar-refractivity contribution in [3.05, 3.63) is 89.3 Å². The Balaban J connectivity index is 0.00000342. The Bertz CT molecular complexity index is 1270. The monoisotopic (exact) mass is 493 g/mol. The fraction of sp³-hybridized carbons (Fsp3) is 0.286. The van der Waals surface area contributed by atoms with Crippen molar-refractivity contribution in [1.29, 1.82) is 0 Å². The van der Waals surface area contributed by atoms with Gasteiger partial charge in [0.15, 0.2) is 0 Å². The summed E-state index contributed by atoms with van der Waals surface area (Å²) in [6, 6.07) is 17.1. The lowest BCUT2D eigenvalue weighted by atomic mass is 10.00. The van der Waals surface area contributed by atoms with Crippen molar-refractivity contribution in [1.82, 2.24) is 14.7 Å². The van der Waals surface area contributed by atoms with Crippen LogP contribution in [0.3, 0.4) is 0 Å². The molecule has 0 saturated heterocycles. The van der Waals surface area contributed by atoms with Gasteiger partial charge in [0.1, 0.15) is 11.4 Å². The van der Waals surface area contributed by atoms with E-state index in [0.717, 1.165) is 22.3 Å². The number of imidazole rings is 1. The van der Waals surface area contributed by atoms with Crippen LogP contribution in [-0.2, 0) is 6.42 Å². The number of hydrogen-bond donors (Lipinski definition) is 2. The first-order chi connectivity index (χ1) is 16.4. The highest BCUT2D eigenvalue weighted by molar-refractivity contribution is 6.32. The first kappa shape index (κ1) is 26.3. The number of aromatic nitrogens is 2. The van der Waals surface area contributed by atoms with Gasteiger partial charge in [-0.1, -0.05) is 43.3 Å². The molecule has 1 atom stereocenters. The molecule has 0 aliphatic heterocycles. The van der Waals surface area contributed by atoms with Crippen LogP contribution in [0.15, 0.2) is 73.2 Å². The number of nitrogens with one attached hydrogen (secondary N) is 1. The summed E-state index contributed by atoms with van der Waals surface area (Å²) in [6.45, 7) is 3.82. The second-order valence-corrected chi connectivity index (χ2v) is 8.91. The van der Waals surface area contributed by atoms with E-state index in [1.807, 2.05) is 30.5 Å². The minimum Gasteiger partial charge on any atom is -0.489 e. The van der Waals surface area contributed by atoms with E-state index in [1.165, 1.54) is 0 Å². The van der Waals surface area contributed by atoms with Crippen LogP contribution in [-0.4, -0.2) is 39.2 Å². The molecule has 0 unspecified atom stereocenters. The molecule has 0 aliphatic rings. The molecule has 2 N–H and O–H groups in total. The van der Waals surface area contributed by atoms with E-state index in [9.17, 15) is 9.90 Å². The largest absolute Gasteiger partial charge is 0.489 e. The molecule has 0 fully saturated rings. The van der Waals surface area contributed by atoms with Gasteiger partial charge in [-0.05, 0) is 73.7 Å². The lowest BCUT2D eigenvalue weighted by Gasteiger charge is -2.19. The topological polar surface area (TPSA) is 75.9 Å². The number of hydrogen-bond acceptors (Lipinski definition) is 4. The predicted molar refractivity (Wildman–Crippen MR) is 141 cm³/mol. The van der Waals surface area contributed by atoms with Gasteiger partial charge in [-0.3, -0.25) is 4.79 Å². The van der Waals surface area contributed by atoms with E-state index in [4.69, 9.17) is 16.3 Å². The van der Waals surface area contributed by atoms with Crippen LogP contribution in [0.1, 0.15) is 43.6 Å². The van der Waals surface area contributed by atoms with Crippen LogP contribution >= 0.6 is 11.6 Å². The molecule has 1 amide bonds. The molecule has 0 aliphatic carbocycles. The van der Waals surface area contributed by atoms with E-state index in [1.54, 1.807) is 24.4 Å². The highest BCUT2D eigenvalue weighted by Gasteiger charge is 2.16. The van der Waals surface area contributed by atoms with Crippen molar-refractivity contribution >= 4 is 23.2 Å². The number of ether oxygens (including phenoxy) is 1. The molecular formula is C28H32ClN3O3. The fourth-order valence-corrected chi connectivity index (χ4v) is 4.08. The summed E-state index contributed by atoms with van der Waals surface area (Å²) in [6.07, 6.45) is 6.80. The summed E-state index contributed by atoms with van der Waals surface area (Å²) in [4.78, 5) is 17.1.